The van der Waals surface area contributed by atoms with Gasteiger partial charge in [0.05, 0.1) is 18.3 Å². The molecule has 5 atom stereocenters. The van der Waals surface area contributed by atoms with Crippen LogP contribution >= 0.6 is 0 Å². The van der Waals surface area contributed by atoms with Gasteiger partial charge >= 0.3 is 5.97 Å². The summed E-state index contributed by atoms with van der Waals surface area (Å²) < 4.78 is 11.9. The number of carbonyl (C=O) groups is 1. The van der Waals surface area contributed by atoms with E-state index in [1.54, 1.807) is 0 Å². The Morgan fingerprint density at radius 2 is 1.72 bits per heavy atom. The lowest BCUT2D eigenvalue weighted by molar-refractivity contribution is -0.140. The lowest BCUT2D eigenvalue weighted by Gasteiger charge is -2.43. The molecule has 0 unspecified atom stereocenters. The monoisotopic (exact) mass is 340 g/mol. The normalized spacial score (nSPS) is 33.2. The fourth-order valence-electron chi connectivity index (χ4n) is 5.39. The van der Waals surface area contributed by atoms with Crippen LogP contribution in [0.1, 0.15) is 46.1 Å². The molecule has 0 N–H and O–H groups in total. The van der Waals surface area contributed by atoms with E-state index in [1.807, 2.05) is 13.0 Å². The van der Waals surface area contributed by atoms with E-state index >= 15 is 0 Å². The van der Waals surface area contributed by atoms with Crippen molar-refractivity contribution >= 4 is 11.5 Å². The first-order valence-electron chi connectivity index (χ1n) is 9.57. The lowest BCUT2D eigenvalue weighted by atomic mass is 9.59. The van der Waals surface area contributed by atoms with Crippen molar-refractivity contribution in [2.45, 2.75) is 52.2 Å². The molecule has 1 aromatic carbocycles. The van der Waals surface area contributed by atoms with E-state index in [2.05, 4.69) is 45.0 Å². The van der Waals surface area contributed by atoms with Gasteiger partial charge in [-0.1, -0.05) is 30.3 Å². The van der Waals surface area contributed by atoms with Crippen molar-refractivity contribution in [3.8, 4) is 0 Å². The smallest absolute Gasteiger partial charge is 0.334 e. The average molecular weight is 340 g/mol. The van der Waals surface area contributed by atoms with Gasteiger partial charge in [-0.3, -0.25) is 0 Å². The number of hydrogen-bond donors (Lipinski definition) is 0. The summed E-state index contributed by atoms with van der Waals surface area (Å²) in [7, 11) is 0. The average Bonchev–Trinajstić information content (AvgIpc) is 2.99. The Morgan fingerprint density at radius 3 is 2.32 bits per heavy atom. The van der Waals surface area contributed by atoms with Crippen LogP contribution in [0.3, 0.4) is 0 Å². The number of carbonyl (C=O) groups excluding carboxylic acids is 1. The van der Waals surface area contributed by atoms with Crippen molar-refractivity contribution in [1.82, 2.24) is 0 Å². The van der Waals surface area contributed by atoms with Gasteiger partial charge < -0.3 is 9.47 Å². The number of allylic oxidation sites excluding steroid dienone is 1. The second-order valence-corrected chi connectivity index (χ2v) is 8.57. The summed E-state index contributed by atoms with van der Waals surface area (Å²) in [6.07, 6.45) is 2.64. The van der Waals surface area contributed by atoms with Crippen LogP contribution in [0.2, 0.25) is 0 Å². The Kier molecular flexibility index (Phi) is 4.03. The first-order chi connectivity index (χ1) is 11.9. The highest BCUT2D eigenvalue weighted by Crippen LogP contribution is 2.67. The maximum atomic E-state index is 12.7. The third kappa shape index (κ3) is 2.64. The van der Waals surface area contributed by atoms with Crippen LogP contribution in [0.25, 0.3) is 5.57 Å². The third-order valence-electron chi connectivity index (χ3n) is 6.01. The number of rotatable bonds is 4. The summed E-state index contributed by atoms with van der Waals surface area (Å²) in [6.45, 7) is 8.69. The van der Waals surface area contributed by atoms with Crippen LogP contribution in [-0.4, -0.2) is 24.3 Å². The van der Waals surface area contributed by atoms with E-state index in [-0.39, 0.29) is 17.7 Å². The van der Waals surface area contributed by atoms with Crippen LogP contribution in [0.15, 0.2) is 35.9 Å². The van der Waals surface area contributed by atoms with Crippen LogP contribution in [0.5, 0.6) is 0 Å². The third-order valence-corrected chi connectivity index (χ3v) is 6.01. The van der Waals surface area contributed by atoms with Crippen molar-refractivity contribution in [2.24, 2.45) is 23.7 Å². The molecule has 0 aromatic heterocycles. The van der Waals surface area contributed by atoms with E-state index in [4.69, 9.17) is 9.47 Å². The zero-order chi connectivity index (χ0) is 17.8. The van der Waals surface area contributed by atoms with Gasteiger partial charge in [0.2, 0.25) is 0 Å². The van der Waals surface area contributed by atoms with Gasteiger partial charge in [0.15, 0.2) is 0 Å². The van der Waals surface area contributed by atoms with Gasteiger partial charge in [0, 0.05) is 11.5 Å². The van der Waals surface area contributed by atoms with Gasteiger partial charge in [0.25, 0.3) is 0 Å². The summed E-state index contributed by atoms with van der Waals surface area (Å²) in [5.74, 6) is 1.64. The summed E-state index contributed by atoms with van der Waals surface area (Å²) in [5.41, 5.74) is 3.17. The minimum atomic E-state index is -0.147. The van der Waals surface area contributed by atoms with Gasteiger partial charge in [0.1, 0.15) is 0 Å². The molecule has 25 heavy (non-hydrogen) atoms. The quantitative estimate of drug-likeness (QED) is 0.759. The summed E-state index contributed by atoms with van der Waals surface area (Å²) in [5, 5.41) is 0. The molecule has 0 aliphatic heterocycles. The first kappa shape index (κ1) is 16.8. The fraction of sp³-hybridized carbons (Fsp3) is 0.591. The number of benzene rings is 1. The van der Waals surface area contributed by atoms with Crippen LogP contribution in [-0.2, 0) is 14.3 Å². The molecular weight excluding hydrogens is 312 g/mol. The molecule has 0 spiro atoms. The first-order valence-corrected chi connectivity index (χ1v) is 9.57. The predicted octanol–water partition coefficient (Wildman–Crippen LogP) is 4.47. The molecule has 0 saturated heterocycles. The topological polar surface area (TPSA) is 35.5 Å². The molecule has 4 rings (SSSR count). The van der Waals surface area contributed by atoms with Crippen LogP contribution in [0.4, 0.5) is 0 Å². The minimum absolute atomic E-state index is 0.121. The molecule has 0 radical (unpaired) electrons. The van der Waals surface area contributed by atoms with Crippen molar-refractivity contribution in [3.63, 3.8) is 0 Å². The van der Waals surface area contributed by atoms with Crippen LogP contribution in [0, 0.1) is 23.7 Å². The highest BCUT2D eigenvalue weighted by Gasteiger charge is 2.64. The lowest BCUT2D eigenvalue weighted by Crippen LogP contribution is -2.39. The molecule has 3 aliphatic rings. The van der Waals surface area contributed by atoms with E-state index in [1.165, 1.54) is 17.6 Å². The van der Waals surface area contributed by atoms with Gasteiger partial charge in [-0.25, -0.2) is 4.79 Å². The number of hydrogen-bond acceptors (Lipinski definition) is 3. The fourth-order valence-corrected chi connectivity index (χ4v) is 5.39. The van der Waals surface area contributed by atoms with Gasteiger partial charge in [-0.2, -0.15) is 0 Å². The Labute approximate surface area is 150 Å². The Morgan fingerprint density at radius 1 is 1.08 bits per heavy atom. The molecule has 3 aliphatic carbocycles. The maximum Gasteiger partial charge on any atom is 0.334 e. The Hall–Kier alpha value is -1.61. The van der Waals surface area contributed by atoms with E-state index < -0.39 is 0 Å². The molecule has 2 saturated carbocycles. The zero-order valence-electron chi connectivity index (χ0n) is 15.6. The van der Waals surface area contributed by atoms with Crippen LogP contribution < -0.4 is 0 Å². The molecular formula is C22H28O3. The SMILES string of the molecule is CCOC(=O)C1=C(c2ccccc2)[C@@H]2[C@H]3CC[C@H]([C@@H]3OC(C)(C)C)[C@H]12. The molecule has 0 amide bonds. The second kappa shape index (κ2) is 5.98. The highest BCUT2D eigenvalue weighted by molar-refractivity contribution is 6.03. The Balaban J connectivity index is 1.72. The largest absolute Gasteiger partial charge is 0.463 e. The highest BCUT2D eigenvalue weighted by atomic mass is 16.5. The standard InChI is InChI=1S/C22H28O3/c1-5-24-21(23)19-16(13-9-7-6-8-10-13)17-14-11-12-15(18(17)19)20(14)25-22(2,3)4/h6-10,14-15,17-18,20H,5,11-12H2,1-4H3/t14-,15+,17+,18+,20-/m1/s1. The molecule has 3 nitrogen and oxygen atoms in total. The van der Waals surface area contributed by atoms with Gasteiger partial charge in [-0.15, -0.1) is 0 Å². The zero-order valence-corrected chi connectivity index (χ0v) is 15.6. The molecule has 2 bridgehead atoms. The van der Waals surface area contributed by atoms with E-state index in [9.17, 15) is 4.79 Å². The summed E-state index contributed by atoms with van der Waals surface area (Å²) in [4.78, 5) is 12.7. The number of fused-ring (bicyclic) bond motifs is 5. The summed E-state index contributed by atoms with van der Waals surface area (Å²) in [6, 6.07) is 10.4. The van der Waals surface area contributed by atoms with Crippen molar-refractivity contribution in [1.29, 1.82) is 0 Å². The van der Waals surface area contributed by atoms with Crippen molar-refractivity contribution in [2.75, 3.05) is 6.61 Å². The van der Waals surface area contributed by atoms with E-state index in [0.717, 1.165) is 12.0 Å². The molecule has 3 heteroatoms. The molecule has 0 heterocycles. The molecule has 2 fully saturated rings. The van der Waals surface area contributed by atoms with E-state index in [0.29, 0.717) is 30.3 Å². The van der Waals surface area contributed by atoms with Gasteiger partial charge in [-0.05, 0) is 69.4 Å². The molecule has 1 aromatic rings. The Bertz CT molecular complexity index is 698. The number of esters is 1. The van der Waals surface area contributed by atoms with Crippen molar-refractivity contribution < 1.29 is 14.3 Å². The summed E-state index contributed by atoms with van der Waals surface area (Å²) >= 11 is 0. The molecule has 134 valence electrons. The second-order valence-electron chi connectivity index (χ2n) is 8.57. The minimum Gasteiger partial charge on any atom is -0.463 e. The predicted molar refractivity (Wildman–Crippen MR) is 97.8 cm³/mol. The van der Waals surface area contributed by atoms with Crippen molar-refractivity contribution in [3.05, 3.63) is 41.5 Å². The maximum absolute atomic E-state index is 12.7. The number of ether oxygens (including phenoxy) is 2.